The van der Waals surface area contributed by atoms with E-state index in [2.05, 4.69) is 42.0 Å². The standard InChI is InChI=1S/C24H33N5O3S/c1-8-16-12-17(22(30)28-33(31,32)19-11-9-10-18(25)26-19)21(27-20(16)23(3,4)5)29-14-15(2)13-24(29,6)7/h8-12,15H,1,13-14H2,2-7H3,(H2,25,26)(H,28,30)/t15-/m0/s1. The summed E-state index contributed by atoms with van der Waals surface area (Å²) in [6.45, 7) is 17.1. The molecule has 1 aliphatic rings. The first kappa shape index (κ1) is 24.7. The van der Waals surface area contributed by atoms with Crippen molar-refractivity contribution in [3.63, 3.8) is 0 Å². The molecule has 9 heteroatoms. The van der Waals surface area contributed by atoms with Crippen LogP contribution in [0.3, 0.4) is 0 Å². The van der Waals surface area contributed by atoms with Gasteiger partial charge in [-0.1, -0.05) is 46.4 Å². The summed E-state index contributed by atoms with van der Waals surface area (Å²) in [4.78, 5) is 24.2. The van der Waals surface area contributed by atoms with Crippen LogP contribution in [0, 0.1) is 5.92 Å². The number of nitrogens with zero attached hydrogens (tertiary/aromatic N) is 3. The molecular formula is C24H33N5O3S. The largest absolute Gasteiger partial charge is 0.384 e. The number of aromatic nitrogens is 2. The molecule has 0 saturated carbocycles. The van der Waals surface area contributed by atoms with Gasteiger partial charge in [-0.3, -0.25) is 4.79 Å². The molecule has 178 valence electrons. The molecule has 1 fully saturated rings. The molecule has 8 nitrogen and oxygen atoms in total. The predicted molar refractivity (Wildman–Crippen MR) is 132 cm³/mol. The van der Waals surface area contributed by atoms with E-state index < -0.39 is 15.9 Å². The Morgan fingerprint density at radius 3 is 2.48 bits per heavy atom. The maximum atomic E-state index is 13.4. The highest BCUT2D eigenvalue weighted by Crippen LogP contribution is 2.39. The number of carbonyl (C=O) groups is 1. The molecule has 0 bridgehead atoms. The summed E-state index contributed by atoms with van der Waals surface area (Å²) in [5, 5.41) is -0.323. The lowest BCUT2D eigenvalue weighted by molar-refractivity contribution is 0.0981. The first-order valence-electron chi connectivity index (χ1n) is 10.9. The Kier molecular flexibility index (Phi) is 6.32. The minimum atomic E-state index is -4.23. The average Bonchev–Trinajstić information content (AvgIpc) is 2.97. The molecule has 3 N–H and O–H groups in total. The Morgan fingerprint density at radius 1 is 1.30 bits per heavy atom. The van der Waals surface area contributed by atoms with Crippen molar-refractivity contribution < 1.29 is 13.2 Å². The van der Waals surface area contributed by atoms with Crippen molar-refractivity contribution in [3.8, 4) is 0 Å². The third kappa shape index (κ3) is 5.03. The predicted octanol–water partition coefficient (Wildman–Crippen LogP) is 3.74. The number of pyridine rings is 2. The lowest BCUT2D eigenvalue weighted by atomic mass is 9.87. The SMILES string of the molecule is C=Cc1cc(C(=O)NS(=O)(=O)c2cccc(N)n2)c(N2C[C@@H](C)CC2(C)C)nc1C(C)(C)C. The first-order chi connectivity index (χ1) is 15.2. The van der Waals surface area contributed by atoms with Crippen LogP contribution < -0.4 is 15.4 Å². The van der Waals surface area contributed by atoms with Crippen LogP contribution in [0.1, 0.15) is 69.6 Å². The van der Waals surface area contributed by atoms with E-state index in [1.807, 2.05) is 20.8 Å². The number of nitrogens with two attached hydrogens (primary N) is 1. The van der Waals surface area contributed by atoms with E-state index in [4.69, 9.17) is 10.7 Å². The fourth-order valence-corrected chi connectivity index (χ4v) is 5.36. The number of nitrogen functional groups attached to an aromatic ring is 1. The summed E-state index contributed by atoms with van der Waals surface area (Å²) in [5.74, 6) is 0.132. The summed E-state index contributed by atoms with van der Waals surface area (Å²) >= 11 is 0. The second-order valence-corrected chi connectivity index (χ2v) is 11.9. The number of nitrogens with one attached hydrogen (secondary N) is 1. The van der Waals surface area contributed by atoms with Crippen molar-refractivity contribution in [1.29, 1.82) is 0 Å². The van der Waals surface area contributed by atoms with Gasteiger partial charge in [-0.15, -0.1) is 0 Å². The van der Waals surface area contributed by atoms with Crippen LogP contribution in [0.4, 0.5) is 11.6 Å². The Bertz CT molecular complexity index is 1200. The maximum Gasteiger partial charge on any atom is 0.281 e. The van der Waals surface area contributed by atoms with Crippen LogP contribution in [0.25, 0.3) is 6.08 Å². The summed E-state index contributed by atoms with van der Waals surface area (Å²) in [5.41, 5.74) is 6.72. The fraction of sp³-hybridized carbons (Fsp3) is 0.458. The minimum Gasteiger partial charge on any atom is -0.384 e. The van der Waals surface area contributed by atoms with Gasteiger partial charge >= 0.3 is 0 Å². The third-order valence-corrected chi connectivity index (χ3v) is 7.02. The van der Waals surface area contributed by atoms with E-state index >= 15 is 0 Å². The molecule has 0 unspecified atom stereocenters. The molecule has 0 aliphatic carbocycles. The van der Waals surface area contributed by atoms with E-state index in [0.717, 1.165) is 12.1 Å². The van der Waals surface area contributed by atoms with E-state index in [1.54, 1.807) is 12.1 Å². The molecule has 1 saturated heterocycles. The normalized spacial score (nSPS) is 18.2. The molecule has 2 aromatic rings. The van der Waals surface area contributed by atoms with E-state index in [-0.39, 0.29) is 27.4 Å². The van der Waals surface area contributed by atoms with Gasteiger partial charge in [0.15, 0.2) is 5.03 Å². The number of carbonyl (C=O) groups excluding carboxylic acids is 1. The lowest BCUT2D eigenvalue weighted by Crippen LogP contribution is -2.41. The smallest absolute Gasteiger partial charge is 0.281 e. The molecule has 1 atom stereocenters. The Hall–Kier alpha value is -2.94. The van der Waals surface area contributed by atoms with Crippen molar-refractivity contribution in [2.24, 2.45) is 5.92 Å². The first-order valence-corrected chi connectivity index (χ1v) is 12.4. The van der Waals surface area contributed by atoms with Crippen molar-refractivity contribution in [2.75, 3.05) is 17.2 Å². The molecule has 33 heavy (non-hydrogen) atoms. The molecule has 0 aromatic carbocycles. The number of amides is 1. The number of hydrogen-bond acceptors (Lipinski definition) is 7. The van der Waals surface area contributed by atoms with Crippen molar-refractivity contribution in [1.82, 2.24) is 14.7 Å². The van der Waals surface area contributed by atoms with Gasteiger partial charge in [-0.25, -0.2) is 14.7 Å². The van der Waals surface area contributed by atoms with Gasteiger partial charge in [0.05, 0.1) is 11.3 Å². The third-order valence-electron chi connectivity index (χ3n) is 5.78. The van der Waals surface area contributed by atoms with Gasteiger partial charge in [0.1, 0.15) is 11.6 Å². The zero-order valence-electron chi connectivity index (χ0n) is 20.1. The molecule has 0 radical (unpaired) electrons. The summed E-state index contributed by atoms with van der Waals surface area (Å²) in [6.07, 6.45) is 2.56. The van der Waals surface area contributed by atoms with Crippen LogP contribution in [0.2, 0.25) is 0 Å². The van der Waals surface area contributed by atoms with Gasteiger partial charge in [-0.05, 0) is 49.9 Å². The van der Waals surface area contributed by atoms with Gasteiger partial charge in [0.25, 0.3) is 15.9 Å². The molecular weight excluding hydrogens is 438 g/mol. The van der Waals surface area contributed by atoms with Crippen LogP contribution >= 0.6 is 0 Å². The number of hydrogen-bond donors (Lipinski definition) is 2. The van der Waals surface area contributed by atoms with Gasteiger partial charge in [0.2, 0.25) is 0 Å². The van der Waals surface area contributed by atoms with E-state index in [9.17, 15) is 13.2 Å². The summed E-state index contributed by atoms with van der Waals surface area (Å²) < 4.78 is 27.9. The van der Waals surface area contributed by atoms with Gasteiger partial charge < -0.3 is 10.6 Å². The second kappa shape index (κ2) is 8.44. The molecule has 3 heterocycles. The molecule has 1 amide bonds. The Morgan fingerprint density at radius 2 is 1.97 bits per heavy atom. The van der Waals surface area contributed by atoms with Crippen LogP contribution in [0.15, 0.2) is 35.9 Å². The zero-order chi connectivity index (χ0) is 24.8. The lowest BCUT2D eigenvalue weighted by Gasteiger charge is -2.35. The number of rotatable bonds is 5. The maximum absolute atomic E-state index is 13.4. The van der Waals surface area contributed by atoms with Crippen molar-refractivity contribution in [2.45, 2.75) is 63.9 Å². The Balaban J connectivity index is 2.15. The number of sulfonamides is 1. The second-order valence-electron chi connectivity index (χ2n) is 10.3. The molecule has 2 aromatic heterocycles. The summed E-state index contributed by atoms with van der Waals surface area (Å²) in [7, 11) is -4.23. The van der Waals surface area contributed by atoms with Crippen LogP contribution in [-0.2, 0) is 15.4 Å². The quantitative estimate of drug-likeness (QED) is 0.682. The fourth-order valence-electron chi connectivity index (χ4n) is 4.42. The topological polar surface area (TPSA) is 118 Å². The van der Waals surface area contributed by atoms with Crippen LogP contribution in [-0.4, -0.2) is 36.4 Å². The molecule has 0 spiro atoms. The molecule has 3 rings (SSSR count). The van der Waals surface area contributed by atoms with E-state index in [1.165, 1.54) is 18.2 Å². The highest BCUT2D eigenvalue weighted by Gasteiger charge is 2.40. The van der Waals surface area contributed by atoms with Crippen LogP contribution in [0.5, 0.6) is 0 Å². The zero-order valence-corrected chi connectivity index (χ0v) is 21.0. The summed E-state index contributed by atoms with van der Waals surface area (Å²) in [6, 6.07) is 5.90. The van der Waals surface area contributed by atoms with Crippen molar-refractivity contribution in [3.05, 3.63) is 47.7 Å². The Labute approximate surface area is 196 Å². The highest BCUT2D eigenvalue weighted by molar-refractivity contribution is 7.90. The van der Waals surface area contributed by atoms with Crippen molar-refractivity contribution >= 4 is 33.6 Å². The van der Waals surface area contributed by atoms with E-state index in [0.29, 0.717) is 23.8 Å². The number of anilines is 2. The van der Waals surface area contributed by atoms with Gasteiger partial charge in [-0.2, -0.15) is 8.42 Å². The minimum absolute atomic E-state index is 0.0453. The average molecular weight is 472 g/mol. The highest BCUT2D eigenvalue weighted by atomic mass is 32.2. The van der Waals surface area contributed by atoms with Gasteiger partial charge in [0, 0.05) is 17.5 Å². The molecule has 1 aliphatic heterocycles. The monoisotopic (exact) mass is 471 g/mol.